The Morgan fingerprint density at radius 3 is 1.80 bits per heavy atom. The summed E-state index contributed by atoms with van der Waals surface area (Å²) >= 11 is 0. The van der Waals surface area contributed by atoms with E-state index in [4.69, 9.17) is 9.59 Å². The number of carbonyl (C=O) groups is 3. The minimum Gasteiger partial charge on any atom is -0.314 e. The van der Waals surface area contributed by atoms with Crippen molar-refractivity contribution in [3.05, 3.63) is 0 Å². The lowest BCUT2D eigenvalue weighted by atomic mass is 10.5. The molecule has 0 saturated heterocycles. The maximum atomic E-state index is 9.94. The Morgan fingerprint density at radius 2 is 1.80 bits per heavy atom. The molecule has 0 radical (unpaired) electrons. The molecule has 0 aliphatic heterocycles. The van der Waals surface area contributed by atoms with E-state index < -0.39 is 0 Å². The van der Waals surface area contributed by atoms with Gasteiger partial charge in [0.1, 0.15) is 13.1 Å². The largest absolute Gasteiger partial charge is 0.314 e. The highest BCUT2D eigenvalue weighted by atomic mass is 16.2. The van der Waals surface area contributed by atoms with Gasteiger partial charge < -0.3 is 15.0 Å². The highest BCUT2D eigenvalue weighted by Crippen LogP contribution is 1.66. The summed E-state index contributed by atoms with van der Waals surface area (Å²) in [6.07, 6.45) is 1.20. The second-order valence-corrected chi connectivity index (χ2v) is 1.54. The molecule has 0 bridgehead atoms. The molecule has 90 valence electrons. The number of hydrogen-bond donors (Lipinski definition) is 3. The Kier molecular flexibility index (Phi) is 61.5. The molecule has 1 amide bonds. The highest BCUT2D eigenvalue weighted by Gasteiger charge is 1.85. The number of hydrazine groups is 1. The third-order valence-corrected chi connectivity index (χ3v) is 0.640. The van der Waals surface area contributed by atoms with Crippen LogP contribution in [0.25, 0.3) is 0 Å². The molecule has 7 heteroatoms. The summed E-state index contributed by atoms with van der Waals surface area (Å²) < 4.78 is 0. The number of rotatable bonds is 2. The molecule has 0 fully saturated rings. The molecule has 0 atom stereocenters. The van der Waals surface area contributed by atoms with Crippen LogP contribution in [0.5, 0.6) is 0 Å². The first kappa shape index (κ1) is 23.2. The van der Waals surface area contributed by atoms with Crippen molar-refractivity contribution >= 4 is 25.7 Å². The monoisotopic (exact) mass is 220 g/mol. The van der Waals surface area contributed by atoms with E-state index in [0.717, 1.165) is 6.29 Å². The zero-order valence-electron chi connectivity index (χ0n) is 9.45. The Bertz CT molecular complexity index is 136. The minimum absolute atomic E-state index is 0.130. The van der Waals surface area contributed by atoms with Crippen LogP contribution in [0.15, 0.2) is 5.10 Å². The summed E-state index contributed by atoms with van der Waals surface area (Å²) in [5, 5.41) is 3.24. The van der Waals surface area contributed by atoms with Crippen molar-refractivity contribution in [1.82, 2.24) is 10.9 Å². The molecule has 0 aliphatic carbocycles. The SMILES string of the molecule is C=NNC.C=O.CC=O.CCC(=O)NN. The molecule has 0 saturated carbocycles. The van der Waals surface area contributed by atoms with Crippen LogP contribution in [-0.4, -0.2) is 32.7 Å². The van der Waals surface area contributed by atoms with Crippen LogP contribution in [-0.2, 0) is 14.4 Å². The number of hydrazone groups is 1. The van der Waals surface area contributed by atoms with E-state index in [2.05, 4.69) is 23.1 Å². The lowest BCUT2D eigenvalue weighted by molar-refractivity contribution is -0.120. The van der Waals surface area contributed by atoms with Gasteiger partial charge in [-0.1, -0.05) is 6.92 Å². The predicted octanol–water partition coefficient (Wildman–Crippen LogP) is -0.772. The first-order valence-electron chi connectivity index (χ1n) is 3.95. The average molecular weight is 220 g/mol. The molecule has 0 rings (SSSR count). The summed E-state index contributed by atoms with van der Waals surface area (Å²) in [6, 6.07) is 0. The van der Waals surface area contributed by atoms with Crippen LogP contribution >= 0.6 is 0 Å². The van der Waals surface area contributed by atoms with Gasteiger partial charge in [-0.15, -0.1) is 0 Å². The Hall–Kier alpha value is -1.76. The van der Waals surface area contributed by atoms with Crippen molar-refractivity contribution in [2.45, 2.75) is 20.3 Å². The van der Waals surface area contributed by atoms with Crippen LogP contribution in [0.3, 0.4) is 0 Å². The standard InChI is InChI=1S/C3H8N2O.C2H6N2.C2H4O.CH2O/c1-2-3(6)5-4;1-3-4-2;1-2-3;1-2/h2,4H2,1H3,(H,5,6);4H,1H2,2H3;2H,1H3;1H2. The van der Waals surface area contributed by atoms with Gasteiger partial charge in [-0.3, -0.25) is 10.2 Å². The molecule has 4 N–H and O–H groups in total. The van der Waals surface area contributed by atoms with Gasteiger partial charge in [-0.2, -0.15) is 5.10 Å². The number of aldehydes is 1. The number of nitrogens with one attached hydrogen (secondary N) is 2. The van der Waals surface area contributed by atoms with Crippen molar-refractivity contribution in [1.29, 1.82) is 0 Å². The number of carbonyl (C=O) groups excluding carboxylic acids is 3. The zero-order chi connectivity index (χ0) is 13.1. The molecule has 0 heterocycles. The summed E-state index contributed by atoms with van der Waals surface area (Å²) in [7, 11) is 1.70. The predicted molar refractivity (Wildman–Crippen MR) is 60.1 cm³/mol. The lowest BCUT2D eigenvalue weighted by Crippen LogP contribution is -2.28. The van der Waals surface area contributed by atoms with E-state index >= 15 is 0 Å². The van der Waals surface area contributed by atoms with Gasteiger partial charge in [-0.25, -0.2) is 5.84 Å². The molecule has 0 unspecified atom stereocenters. The van der Waals surface area contributed by atoms with Gasteiger partial charge >= 0.3 is 0 Å². The second kappa shape index (κ2) is 39.7. The topological polar surface area (TPSA) is 114 Å². The first-order chi connectivity index (χ1) is 7.14. The molecule has 15 heavy (non-hydrogen) atoms. The summed E-state index contributed by atoms with van der Waals surface area (Å²) in [5.41, 5.74) is 4.42. The Balaban J connectivity index is -0.0000000590. The fourth-order valence-electron chi connectivity index (χ4n) is 0.102. The van der Waals surface area contributed by atoms with Gasteiger partial charge in [-0.05, 0) is 6.92 Å². The molecule has 0 aromatic heterocycles. The third kappa shape index (κ3) is 122. The Morgan fingerprint density at radius 1 is 1.53 bits per heavy atom. The summed E-state index contributed by atoms with van der Waals surface area (Å²) in [5.74, 6) is 4.55. The maximum Gasteiger partial charge on any atom is 0.233 e. The molecular weight excluding hydrogens is 200 g/mol. The van der Waals surface area contributed by atoms with E-state index in [1.807, 2.05) is 12.2 Å². The first-order valence-corrected chi connectivity index (χ1v) is 3.95. The molecule has 0 aromatic carbocycles. The molecule has 0 spiro atoms. The van der Waals surface area contributed by atoms with Gasteiger partial charge in [0, 0.05) is 20.2 Å². The highest BCUT2D eigenvalue weighted by molar-refractivity contribution is 5.74. The normalized spacial score (nSPS) is 5.60. The minimum atomic E-state index is -0.130. The number of hydrogen-bond acceptors (Lipinski definition) is 6. The van der Waals surface area contributed by atoms with E-state index in [1.165, 1.54) is 6.92 Å². The van der Waals surface area contributed by atoms with Crippen LogP contribution in [0.2, 0.25) is 0 Å². The maximum absolute atomic E-state index is 9.94. The quantitative estimate of drug-likeness (QED) is 0.186. The molecular formula is C8H20N4O3. The smallest absolute Gasteiger partial charge is 0.233 e. The van der Waals surface area contributed by atoms with E-state index in [-0.39, 0.29) is 5.91 Å². The number of nitrogens with zero attached hydrogens (tertiary/aromatic N) is 1. The summed E-state index contributed by atoms with van der Waals surface area (Å²) in [6.45, 7) is 8.30. The Labute approximate surface area is 90.1 Å². The van der Waals surface area contributed by atoms with E-state index in [1.54, 1.807) is 14.0 Å². The van der Waals surface area contributed by atoms with Gasteiger partial charge in [0.05, 0.1) is 0 Å². The van der Waals surface area contributed by atoms with Gasteiger partial charge in [0.25, 0.3) is 0 Å². The van der Waals surface area contributed by atoms with E-state index in [0.29, 0.717) is 6.42 Å². The van der Waals surface area contributed by atoms with Crippen LogP contribution < -0.4 is 16.7 Å². The fourth-order valence-corrected chi connectivity index (χ4v) is 0.102. The van der Waals surface area contributed by atoms with Crippen LogP contribution in [0, 0.1) is 0 Å². The molecule has 0 aliphatic rings. The van der Waals surface area contributed by atoms with Crippen molar-refractivity contribution in [3.63, 3.8) is 0 Å². The molecule has 7 nitrogen and oxygen atoms in total. The van der Waals surface area contributed by atoms with Crippen molar-refractivity contribution in [3.8, 4) is 0 Å². The number of amides is 1. The number of nitrogens with two attached hydrogens (primary N) is 1. The van der Waals surface area contributed by atoms with E-state index in [9.17, 15) is 4.79 Å². The zero-order valence-corrected chi connectivity index (χ0v) is 9.45. The molecule has 0 aromatic rings. The van der Waals surface area contributed by atoms with Crippen molar-refractivity contribution in [2.75, 3.05) is 7.05 Å². The summed E-state index contributed by atoms with van der Waals surface area (Å²) in [4.78, 5) is 26.8. The third-order valence-electron chi connectivity index (χ3n) is 0.640. The fraction of sp³-hybridized carbons (Fsp3) is 0.500. The second-order valence-electron chi connectivity index (χ2n) is 1.54. The van der Waals surface area contributed by atoms with Crippen LogP contribution in [0.1, 0.15) is 20.3 Å². The van der Waals surface area contributed by atoms with Crippen LogP contribution in [0.4, 0.5) is 0 Å². The average Bonchev–Trinajstić information content (AvgIpc) is 2.32. The lowest BCUT2D eigenvalue weighted by Gasteiger charge is -1.87. The van der Waals surface area contributed by atoms with Crippen molar-refractivity contribution < 1.29 is 14.4 Å². The van der Waals surface area contributed by atoms with Gasteiger partial charge in [0.15, 0.2) is 0 Å². The van der Waals surface area contributed by atoms with Gasteiger partial charge in [0.2, 0.25) is 5.91 Å². The van der Waals surface area contributed by atoms with Crippen molar-refractivity contribution in [2.24, 2.45) is 10.9 Å².